The van der Waals surface area contributed by atoms with Gasteiger partial charge in [-0.25, -0.2) is 0 Å². The Morgan fingerprint density at radius 2 is 1.81 bits per heavy atom. The molecule has 0 aliphatic heterocycles. The van der Waals surface area contributed by atoms with Crippen molar-refractivity contribution in [2.45, 2.75) is 12.5 Å². The molecule has 0 radical (unpaired) electrons. The van der Waals surface area contributed by atoms with Crippen LogP contribution in [0, 0.1) is 22.7 Å². The first-order valence-corrected chi connectivity index (χ1v) is 4.61. The fourth-order valence-electron chi connectivity index (χ4n) is 0.918. The summed E-state index contributed by atoms with van der Waals surface area (Å²) in [5.74, 6) is 0. The smallest absolute Gasteiger partial charge is 0.194 e. The standard InChI is InChI=1S/C12H10N4/c1-10(11-6-4-3-5-7-11)15-16-12(2,8-13)9-14/h3-7H,1H2,2H3. The minimum atomic E-state index is -1.45. The van der Waals surface area contributed by atoms with E-state index >= 15 is 0 Å². The van der Waals surface area contributed by atoms with Crippen LogP contribution in [0.3, 0.4) is 0 Å². The van der Waals surface area contributed by atoms with Crippen molar-refractivity contribution in [3.8, 4) is 12.1 Å². The lowest BCUT2D eigenvalue weighted by Gasteiger charge is -2.03. The second-order valence-electron chi connectivity index (χ2n) is 3.31. The molecule has 1 aromatic rings. The molecule has 0 bridgehead atoms. The third kappa shape index (κ3) is 2.76. The molecule has 0 aromatic heterocycles. The van der Waals surface area contributed by atoms with Crippen molar-refractivity contribution in [3.05, 3.63) is 42.5 Å². The summed E-state index contributed by atoms with van der Waals surface area (Å²) in [5.41, 5.74) is -0.209. The van der Waals surface area contributed by atoms with E-state index in [2.05, 4.69) is 16.8 Å². The van der Waals surface area contributed by atoms with Crippen molar-refractivity contribution >= 4 is 5.70 Å². The molecule has 0 atom stereocenters. The summed E-state index contributed by atoms with van der Waals surface area (Å²) < 4.78 is 0. The largest absolute Gasteiger partial charge is 0.249 e. The Morgan fingerprint density at radius 3 is 2.31 bits per heavy atom. The third-order valence-electron chi connectivity index (χ3n) is 1.91. The van der Waals surface area contributed by atoms with Crippen LogP contribution >= 0.6 is 0 Å². The van der Waals surface area contributed by atoms with E-state index < -0.39 is 5.54 Å². The van der Waals surface area contributed by atoms with Crippen LogP contribution in [0.2, 0.25) is 0 Å². The fraction of sp³-hybridized carbons (Fsp3) is 0.167. The second kappa shape index (κ2) is 4.86. The molecule has 0 fully saturated rings. The van der Waals surface area contributed by atoms with Crippen LogP contribution in [0.1, 0.15) is 12.5 Å². The molecule has 0 spiro atoms. The summed E-state index contributed by atoms with van der Waals surface area (Å²) in [4.78, 5) is 0. The predicted octanol–water partition coefficient (Wildman–Crippen LogP) is 2.92. The Balaban J connectivity index is 2.86. The van der Waals surface area contributed by atoms with Crippen LogP contribution in [0.5, 0.6) is 0 Å². The van der Waals surface area contributed by atoms with Crippen LogP contribution in [-0.2, 0) is 0 Å². The molecule has 0 amide bonds. The van der Waals surface area contributed by atoms with Gasteiger partial charge in [0, 0.05) is 5.56 Å². The van der Waals surface area contributed by atoms with Crippen molar-refractivity contribution in [1.29, 1.82) is 10.5 Å². The second-order valence-corrected chi connectivity index (χ2v) is 3.31. The van der Waals surface area contributed by atoms with Gasteiger partial charge in [0.25, 0.3) is 0 Å². The number of hydrogen-bond acceptors (Lipinski definition) is 4. The molecule has 0 N–H and O–H groups in total. The highest BCUT2D eigenvalue weighted by atomic mass is 15.1. The minimum Gasteiger partial charge on any atom is -0.194 e. The molecule has 78 valence electrons. The molecule has 0 heterocycles. The van der Waals surface area contributed by atoms with Crippen molar-refractivity contribution < 1.29 is 0 Å². The zero-order valence-electron chi connectivity index (χ0n) is 8.88. The molecule has 0 saturated heterocycles. The van der Waals surface area contributed by atoms with Gasteiger partial charge in [-0.15, -0.1) is 0 Å². The van der Waals surface area contributed by atoms with Crippen LogP contribution in [0.15, 0.2) is 47.1 Å². The van der Waals surface area contributed by atoms with Gasteiger partial charge in [-0.3, -0.25) is 0 Å². The van der Waals surface area contributed by atoms with Gasteiger partial charge < -0.3 is 0 Å². The van der Waals surface area contributed by atoms with Gasteiger partial charge in [-0.2, -0.15) is 20.8 Å². The van der Waals surface area contributed by atoms with E-state index in [1.54, 1.807) is 12.1 Å². The van der Waals surface area contributed by atoms with Crippen molar-refractivity contribution in [2.75, 3.05) is 0 Å². The minimum absolute atomic E-state index is 0.428. The molecule has 0 unspecified atom stereocenters. The highest BCUT2D eigenvalue weighted by Crippen LogP contribution is 2.16. The van der Waals surface area contributed by atoms with E-state index in [0.29, 0.717) is 5.70 Å². The summed E-state index contributed by atoms with van der Waals surface area (Å²) in [7, 11) is 0. The van der Waals surface area contributed by atoms with E-state index in [1.165, 1.54) is 6.92 Å². The van der Waals surface area contributed by atoms with Gasteiger partial charge in [0.1, 0.15) is 12.1 Å². The van der Waals surface area contributed by atoms with Crippen LogP contribution in [-0.4, -0.2) is 5.54 Å². The summed E-state index contributed by atoms with van der Waals surface area (Å²) >= 11 is 0. The van der Waals surface area contributed by atoms with E-state index in [4.69, 9.17) is 10.5 Å². The number of benzene rings is 1. The van der Waals surface area contributed by atoms with Gasteiger partial charge in [-0.05, 0) is 6.92 Å². The van der Waals surface area contributed by atoms with Crippen molar-refractivity contribution in [3.63, 3.8) is 0 Å². The predicted molar refractivity (Wildman–Crippen MR) is 60.0 cm³/mol. The molecular weight excluding hydrogens is 200 g/mol. The third-order valence-corrected chi connectivity index (χ3v) is 1.91. The maximum absolute atomic E-state index is 8.71. The van der Waals surface area contributed by atoms with Gasteiger partial charge >= 0.3 is 0 Å². The van der Waals surface area contributed by atoms with Crippen molar-refractivity contribution in [1.82, 2.24) is 0 Å². The lowest BCUT2D eigenvalue weighted by atomic mass is 10.1. The molecular formula is C12H10N4. The average molecular weight is 210 g/mol. The van der Waals surface area contributed by atoms with Gasteiger partial charge in [0.05, 0.1) is 5.70 Å². The van der Waals surface area contributed by atoms with E-state index in [0.717, 1.165) is 5.56 Å². The average Bonchev–Trinajstić information content (AvgIpc) is 2.36. The Morgan fingerprint density at radius 1 is 1.25 bits per heavy atom. The number of rotatable bonds is 3. The number of azo groups is 1. The van der Waals surface area contributed by atoms with E-state index in [9.17, 15) is 0 Å². The maximum atomic E-state index is 8.71. The monoisotopic (exact) mass is 210 g/mol. The molecule has 16 heavy (non-hydrogen) atoms. The zero-order valence-corrected chi connectivity index (χ0v) is 8.88. The zero-order chi connectivity index (χ0) is 12.0. The van der Waals surface area contributed by atoms with E-state index in [-0.39, 0.29) is 0 Å². The molecule has 0 aliphatic rings. The van der Waals surface area contributed by atoms with Crippen LogP contribution in [0.4, 0.5) is 0 Å². The molecule has 1 rings (SSSR count). The summed E-state index contributed by atoms with van der Waals surface area (Å²) in [6, 6.07) is 12.8. The van der Waals surface area contributed by atoms with E-state index in [1.807, 2.05) is 30.3 Å². The van der Waals surface area contributed by atoms with Gasteiger partial charge in [0.15, 0.2) is 0 Å². The fourth-order valence-corrected chi connectivity index (χ4v) is 0.918. The molecule has 4 nitrogen and oxygen atoms in total. The first-order valence-electron chi connectivity index (χ1n) is 4.61. The molecule has 0 aliphatic carbocycles. The summed E-state index contributed by atoms with van der Waals surface area (Å²) in [5, 5.41) is 24.9. The Bertz CT molecular complexity index is 474. The Hall–Kier alpha value is -2.46. The van der Waals surface area contributed by atoms with Crippen LogP contribution in [0.25, 0.3) is 5.70 Å². The van der Waals surface area contributed by atoms with Crippen LogP contribution < -0.4 is 0 Å². The first-order chi connectivity index (χ1) is 7.61. The quantitative estimate of drug-likeness (QED) is 0.719. The normalized spacial score (nSPS) is 10.7. The number of nitrogens with zero attached hydrogens (tertiary/aromatic N) is 4. The lowest BCUT2D eigenvalue weighted by molar-refractivity contribution is 0.721. The van der Waals surface area contributed by atoms with Gasteiger partial charge in [-0.1, -0.05) is 36.9 Å². The maximum Gasteiger partial charge on any atom is 0.249 e. The Labute approximate surface area is 94.2 Å². The summed E-state index contributed by atoms with van der Waals surface area (Å²) in [6.45, 7) is 5.11. The molecule has 4 heteroatoms. The lowest BCUT2D eigenvalue weighted by Crippen LogP contribution is -2.14. The highest BCUT2D eigenvalue weighted by molar-refractivity contribution is 5.61. The SMILES string of the molecule is C=C(N=NC(C)(C#N)C#N)c1ccccc1. The number of nitriles is 2. The first kappa shape index (κ1) is 11.6. The van der Waals surface area contributed by atoms with Crippen molar-refractivity contribution in [2.24, 2.45) is 10.2 Å². The highest BCUT2D eigenvalue weighted by Gasteiger charge is 2.21. The molecule has 0 saturated carbocycles. The molecule has 1 aromatic carbocycles. The number of hydrogen-bond donors (Lipinski definition) is 0. The summed E-state index contributed by atoms with van der Waals surface area (Å²) in [6.07, 6.45) is 0. The Kier molecular flexibility index (Phi) is 3.53. The van der Waals surface area contributed by atoms with Gasteiger partial charge in [0.2, 0.25) is 5.54 Å². The topological polar surface area (TPSA) is 72.3 Å².